The summed E-state index contributed by atoms with van der Waals surface area (Å²) < 4.78 is 1.93. The summed E-state index contributed by atoms with van der Waals surface area (Å²) in [4.78, 5) is 4.34. The number of rotatable bonds is 2. The van der Waals surface area contributed by atoms with Gasteiger partial charge >= 0.3 is 0 Å². The topological polar surface area (TPSA) is 56.7 Å². The van der Waals surface area contributed by atoms with Crippen molar-refractivity contribution in [2.24, 2.45) is 11.7 Å². The highest BCUT2D eigenvalue weighted by molar-refractivity contribution is 5.06. The lowest BCUT2D eigenvalue weighted by molar-refractivity contribution is 0.220. The average Bonchev–Trinajstić information content (AvgIpc) is 2.65. The maximum absolute atomic E-state index is 6.47. The van der Waals surface area contributed by atoms with Gasteiger partial charge in [0, 0.05) is 6.54 Å². The molecule has 2 rings (SSSR count). The number of aromatic nitrogens is 3. The lowest BCUT2D eigenvalue weighted by atomic mass is 9.76. The number of hydrogen-bond acceptors (Lipinski definition) is 3. The van der Waals surface area contributed by atoms with Crippen LogP contribution >= 0.6 is 0 Å². The SMILES string of the molecule is CCn1ncnc1C1(N)CCCC(C)C1. The van der Waals surface area contributed by atoms with Gasteiger partial charge in [-0.15, -0.1) is 0 Å². The molecule has 1 heterocycles. The molecule has 2 unspecified atom stereocenters. The Labute approximate surface area is 90.9 Å². The van der Waals surface area contributed by atoms with Gasteiger partial charge < -0.3 is 5.73 Å². The quantitative estimate of drug-likeness (QED) is 0.804. The minimum absolute atomic E-state index is 0.246. The van der Waals surface area contributed by atoms with Gasteiger partial charge in [-0.25, -0.2) is 9.67 Å². The van der Waals surface area contributed by atoms with Crippen LogP contribution in [0.3, 0.4) is 0 Å². The van der Waals surface area contributed by atoms with Crippen molar-refractivity contribution in [2.45, 2.75) is 51.6 Å². The lowest BCUT2D eigenvalue weighted by Gasteiger charge is -2.35. The van der Waals surface area contributed by atoms with Crippen LogP contribution in [0.5, 0.6) is 0 Å². The van der Waals surface area contributed by atoms with E-state index in [9.17, 15) is 0 Å². The largest absolute Gasteiger partial charge is 0.319 e. The third kappa shape index (κ3) is 1.91. The molecule has 0 aromatic carbocycles. The first-order valence-corrected chi connectivity index (χ1v) is 5.83. The molecule has 1 aliphatic carbocycles. The third-order valence-electron chi connectivity index (χ3n) is 3.39. The molecule has 0 bridgehead atoms. The van der Waals surface area contributed by atoms with Gasteiger partial charge in [-0.3, -0.25) is 0 Å². The molecule has 4 heteroatoms. The van der Waals surface area contributed by atoms with Gasteiger partial charge in [0.2, 0.25) is 0 Å². The van der Waals surface area contributed by atoms with Crippen LogP contribution in [0.4, 0.5) is 0 Å². The van der Waals surface area contributed by atoms with Gasteiger partial charge in [-0.1, -0.05) is 19.8 Å². The van der Waals surface area contributed by atoms with E-state index in [0.29, 0.717) is 5.92 Å². The fraction of sp³-hybridized carbons (Fsp3) is 0.818. The highest BCUT2D eigenvalue weighted by Crippen LogP contribution is 2.36. The molecular weight excluding hydrogens is 188 g/mol. The van der Waals surface area contributed by atoms with E-state index in [1.165, 1.54) is 12.8 Å². The first kappa shape index (κ1) is 10.6. The van der Waals surface area contributed by atoms with Crippen LogP contribution in [0.1, 0.15) is 45.4 Å². The Kier molecular flexibility index (Phi) is 2.78. The molecule has 2 atom stereocenters. The fourth-order valence-corrected chi connectivity index (χ4v) is 2.68. The van der Waals surface area contributed by atoms with E-state index < -0.39 is 0 Å². The zero-order chi connectivity index (χ0) is 10.9. The summed E-state index contributed by atoms with van der Waals surface area (Å²) in [6.07, 6.45) is 6.18. The molecular formula is C11H20N4. The summed E-state index contributed by atoms with van der Waals surface area (Å²) >= 11 is 0. The fourth-order valence-electron chi connectivity index (χ4n) is 2.68. The third-order valence-corrected chi connectivity index (χ3v) is 3.39. The van der Waals surface area contributed by atoms with E-state index in [2.05, 4.69) is 23.9 Å². The van der Waals surface area contributed by atoms with Gasteiger partial charge in [0.25, 0.3) is 0 Å². The molecule has 2 N–H and O–H groups in total. The second-order valence-corrected chi connectivity index (χ2v) is 4.76. The Balaban J connectivity index is 2.27. The van der Waals surface area contributed by atoms with E-state index in [0.717, 1.165) is 25.2 Å². The van der Waals surface area contributed by atoms with E-state index >= 15 is 0 Å². The molecule has 1 aliphatic rings. The van der Waals surface area contributed by atoms with Crippen LogP contribution in [-0.2, 0) is 12.1 Å². The molecule has 4 nitrogen and oxygen atoms in total. The van der Waals surface area contributed by atoms with Gasteiger partial charge in [-0.05, 0) is 25.7 Å². The molecule has 0 saturated heterocycles. The predicted octanol–water partition coefficient (Wildman–Crippen LogP) is 1.66. The maximum atomic E-state index is 6.47. The monoisotopic (exact) mass is 208 g/mol. The number of aryl methyl sites for hydroxylation is 1. The molecule has 0 amide bonds. The van der Waals surface area contributed by atoms with Crippen LogP contribution in [0, 0.1) is 5.92 Å². The second-order valence-electron chi connectivity index (χ2n) is 4.76. The van der Waals surface area contributed by atoms with Crippen LogP contribution in [0.15, 0.2) is 6.33 Å². The number of hydrogen-bond donors (Lipinski definition) is 1. The molecule has 1 saturated carbocycles. The molecule has 0 radical (unpaired) electrons. The Morgan fingerprint density at radius 2 is 2.47 bits per heavy atom. The summed E-state index contributed by atoms with van der Waals surface area (Å²) in [5.41, 5.74) is 6.22. The molecule has 84 valence electrons. The summed E-state index contributed by atoms with van der Waals surface area (Å²) in [5, 5.41) is 4.21. The standard InChI is InChI=1S/C11H20N4/c1-3-15-10(13-8-14-15)11(12)6-4-5-9(2)7-11/h8-9H,3-7,12H2,1-2H3. The van der Waals surface area contributed by atoms with Crippen molar-refractivity contribution in [3.8, 4) is 0 Å². The van der Waals surface area contributed by atoms with E-state index in [1.807, 2.05) is 4.68 Å². The molecule has 1 aromatic heterocycles. The zero-order valence-corrected chi connectivity index (χ0v) is 9.61. The summed E-state index contributed by atoms with van der Waals surface area (Å²) in [6.45, 7) is 5.20. The van der Waals surface area contributed by atoms with Gasteiger partial charge in [0.15, 0.2) is 0 Å². The average molecular weight is 208 g/mol. The Morgan fingerprint density at radius 3 is 3.13 bits per heavy atom. The highest BCUT2D eigenvalue weighted by atomic mass is 15.3. The smallest absolute Gasteiger partial charge is 0.146 e. The molecule has 1 fully saturated rings. The van der Waals surface area contributed by atoms with Gasteiger partial charge in [-0.2, -0.15) is 5.10 Å². The van der Waals surface area contributed by atoms with Crippen molar-refractivity contribution in [1.82, 2.24) is 14.8 Å². The first-order valence-electron chi connectivity index (χ1n) is 5.83. The normalized spacial score (nSPS) is 31.8. The number of nitrogens with zero attached hydrogens (tertiary/aromatic N) is 3. The van der Waals surface area contributed by atoms with Crippen LogP contribution in [0.2, 0.25) is 0 Å². The minimum Gasteiger partial charge on any atom is -0.319 e. The van der Waals surface area contributed by atoms with Crippen LogP contribution in [0.25, 0.3) is 0 Å². The van der Waals surface area contributed by atoms with E-state index in [-0.39, 0.29) is 5.54 Å². The highest BCUT2D eigenvalue weighted by Gasteiger charge is 2.36. The zero-order valence-electron chi connectivity index (χ0n) is 9.61. The first-order chi connectivity index (χ1) is 7.15. The van der Waals surface area contributed by atoms with E-state index in [1.54, 1.807) is 6.33 Å². The van der Waals surface area contributed by atoms with Crippen LogP contribution < -0.4 is 5.73 Å². The Hall–Kier alpha value is -0.900. The van der Waals surface area contributed by atoms with E-state index in [4.69, 9.17) is 5.73 Å². The number of nitrogens with two attached hydrogens (primary N) is 1. The molecule has 15 heavy (non-hydrogen) atoms. The van der Waals surface area contributed by atoms with Crippen molar-refractivity contribution in [3.05, 3.63) is 12.2 Å². The molecule has 0 aliphatic heterocycles. The van der Waals surface area contributed by atoms with Crippen molar-refractivity contribution < 1.29 is 0 Å². The molecule has 1 aromatic rings. The van der Waals surface area contributed by atoms with Gasteiger partial charge in [0.1, 0.15) is 12.2 Å². The Bertz CT molecular complexity index is 333. The minimum atomic E-state index is -0.246. The summed E-state index contributed by atoms with van der Waals surface area (Å²) in [5.74, 6) is 1.67. The Morgan fingerprint density at radius 1 is 1.67 bits per heavy atom. The van der Waals surface area contributed by atoms with Crippen molar-refractivity contribution in [3.63, 3.8) is 0 Å². The summed E-state index contributed by atoms with van der Waals surface area (Å²) in [7, 11) is 0. The van der Waals surface area contributed by atoms with Gasteiger partial charge in [0.05, 0.1) is 5.54 Å². The van der Waals surface area contributed by atoms with Crippen molar-refractivity contribution >= 4 is 0 Å². The lowest BCUT2D eigenvalue weighted by Crippen LogP contribution is -2.43. The summed E-state index contributed by atoms with van der Waals surface area (Å²) in [6, 6.07) is 0. The predicted molar refractivity (Wildman–Crippen MR) is 59.2 cm³/mol. The van der Waals surface area contributed by atoms with Crippen molar-refractivity contribution in [2.75, 3.05) is 0 Å². The van der Waals surface area contributed by atoms with Crippen molar-refractivity contribution in [1.29, 1.82) is 0 Å². The maximum Gasteiger partial charge on any atom is 0.146 e. The second kappa shape index (κ2) is 3.93. The van der Waals surface area contributed by atoms with Crippen LogP contribution in [-0.4, -0.2) is 14.8 Å². The molecule has 0 spiro atoms.